The normalized spacial score (nSPS) is 25.1. The SMILES string of the molecule is Cc1cccc(Br)c1C(=CCCCC(O)CN)NC(=O)CC12CCC(CC1)CC2. The molecule has 0 aliphatic heterocycles. The summed E-state index contributed by atoms with van der Waals surface area (Å²) in [5.41, 5.74) is 8.77. The molecule has 4 N–H and O–H groups in total. The molecule has 1 aromatic rings. The maximum Gasteiger partial charge on any atom is 0.224 e. The highest BCUT2D eigenvalue weighted by molar-refractivity contribution is 9.10. The van der Waals surface area contributed by atoms with Gasteiger partial charge in [-0.3, -0.25) is 4.79 Å². The summed E-state index contributed by atoms with van der Waals surface area (Å²) in [7, 11) is 0. The molecule has 3 saturated carbocycles. The first kappa shape index (κ1) is 22.5. The molecule has 5 heteroatoms. The average molecular weight is 463 g/mol. The van der Waals surface area contributed by atoms with Crippen molar-refractivity contribution in [2.75, 3.05) is 6.54 Å². The number of hydrogen-bond acceptors (Lipinski definition) is 3. The largest absolute Gasteiger partial charge is 0.392 e. The Bertz CT molecular complexity index is 704. The number of carbonyl (C=O) groups excluding carboxylic acids is 1. The molecule has 0 aromatic heterocycles. The molecule has 29 heavy (non-hydrogen) atoms. The number of nitrogens with one attached hydrogen (secondary N) is 1. The fourth-order valence-corrected chi connectivity index (χ4v) is 5.72. The summed E-state index contributed by atoms with van der Waals surface area (Å²) in [5, 5.41) is 12.9. The first-order valence-corrected chi connectivity index (χ1v) is 11.9. The minimum absolute atomic E-state index is 0.133. The quantitative estimate of drug-likeness (QED) is 0.448. The lowest BCUT2D eigenvalue weighted by atomic mass is 9.59. The number of fused-ring (bicyclic) bond motifs is 3. The van der Waals surface area contributed by atoms with Crippen LogP contribution in [0.3, 0.4) is 0 Å². The van der Waals surface area contributed by atoms with Gasteiger partial charge < -0.3 is 16.2 Å². The summed E-state index contributed by atoms with van der Waals surface area (Å²) in [6.07, 6.45) is 12.1. The molecule has 0 heterocycles. The first-order chi connectivity index (χ1) is 13.9. The summed E-state index contributed by atoms with van der Waals surface area (Å²) in [6, 6.07) is 6.10. The molecule has 4 nitrogen and oxygen atoms in total. The molecule has 1 aromatic carbocycles. The van der Waals surface area contributed by atoms with Crippen molar-refractivity contribution in [3.8, 4) is 0 Å². The lowest BCUT2D eigenvalue weighted by Crippen LogP contribution is -2.38. The van der Waals surface area contributed by atoms with Gasteiger partial charge in [0, 0.05) is 28.7 Å². The van der Waals surface area contributed by atoms with E-state index >= 15 is 0 Å². The Morgan fingerprint density at radius 2 is 2.03 bits per heavy atom. The van der Waals surface area contributed by atoms with Crippen LogP contribution in [0.25, 0.3) is 5.70 Å². The Morgan fingerprint density at radius 1 is 1.34 bits per heavy atom. The zero-order valence-corrected chi connectivity index (χ0v) is 19.1. The van der Waals surface area contributed by atoms with Gasteiger partial charge in [0.2, 0.25) is 5.91 Å². The van der Waals surface area contributed by atoms with Gasteiger partial charge in [-0.25, -0.2) is 0 Å². The van der Waals surface area contributed by atoms with Gasteiger partial charge >= 0.3 is 0 Å². The predicted octanol–water partition coefficient (Wildman–Crippen LogP) is 5.07. The van der Waals surface area contributed by atoms with E-state index in [2.05, 4.69) is 40.3 Å². The Hall–Kier alpha value is -1.17. The van der Waals surface area contributed by atoms with Gasteiger partial charge in [0.15, 0.2) is 0 Å². The van der Waals surface area contributed by atoms with Crippen molar-refractivity contribution in [2.24, 2.45) is 17.1 Å². The first-order valence-electron chi connectivity index (χ1n) is 11.1. The second-order valence-corrected chi connectivity index (χ2v) is 9.93. The van der Waals surface area contributed by atoms with Crippen molar-refractivity contribution < 1.29 is 9.90 Å². The van der Waals surface area contributed by atoms with Gasteiger partial charge in [-0.05, 0) is 87.7 Å². The van der Waals surface area contributed by atoms with Crippen LogP contribution in [0, 0.1) is 18.3 Å². The number of hydrogen-bond donors (Lipinski definition) is 3. The highest BCUT2D eigenvalue weighted by atomic mass is 79.9. The third-order valence-electron chi connectivity index (χ3n) is 6.91. The van der Waals surface area contributed by atoms with E-state index in [1.807, 2.05) is 12.1 Å². The number of aliphatic hydroxyl groups excluding tert-OH is 1. The number of allylic oxidation sites excluding steroid dienone is 1. The predicted molar refractivity (Wildman–Crippen MR) is 122 cm³/mol. The van der Waals surface area contributed by atoms with Crippen LogP contribution in [0.15, 0.2) is 28.7 Å². The summed E-state index contributed by atoms with van der Waals surface area (Å²) in [4.78, 5) is 13.1. The van der Waals surface area contributed by atoms with Gasteiger partial charge in [-0.2, -0.15) is 0 Å². The summed E-state index contributed by atoms with van der Waals surface area (Å²) >= 11 is 3.66. The summed E-state index contributed by atoms with van der Waals surface area (Å²) in [5.74, 6) is 1.04. The molecule has 3 aliphatic carbocycles. The number of carbonyl (C=O) groups is 1. The smallest absolute Gasteiger partial charge is 0.224 e. The summed E-state index contributed by atoms with van der Waals surface area (Å²) in [6.45, 7) is 2.36. The molecule has 3 aliphatic rings. The van der Waals surface area contributed by atoms with Crippen LogP contribution in [0.4, 0.5) is 0 Å². The molecule has 3 fully saturated rings. The Morgan fingerprint density at radius 3 is 2.66 bits per heavy atom. The topological polar surface area (TPSA) is 75.3 Å². The highest BCUT2D eigenvalue weighted by Gasteiger charge is 2.41. The van der Waals surface area contributed by atoms with Gasteiger partial charge in [-0.15, -0.1) is 0 Å². The van der Waals surface area contributed by atoms with Crippen molar-refractivity contribution in [1.82, 2.24) is 5.32 Å². The molecular formula is C24H35BrN2O2. The number of benzene rings is 1. The zero-order valence-electron chi connectivity index (χ0n) is 17.6. The molecule has 160 valence electrons. The second-order valence-electron chi connectivity index (χ2n) is 9.08. The molecular weight excluding hydrogens is 428 g/mol. The summed E-state index contributed by atoms with van der Waals surface area (Å²) < 4.78 is 0.988. The number of rotatable bonds is 9. The van der Waals surface area contributed by atoms with Crippen LogP contribution >= 0.6 is 15.9 Å². The maximum absolute atomic E-state index is 13.1. The fraction of sp³-hybridized carbons (Fsp3) is 0.625. The van der Waals surface area contributed by atoms with Crippen molar-refractivity contribution in [2.45, 2.75) is 77.2 Å². The van der Waals surface area contributed by atoms with E-state index in [1.165, 1.54) is 38.5 Å². The third kappa shape index (κ3) is 5.93. The minimum atomic E-state index is -0.452. The van der Waals surface area contributed by atoms with E-state index in [1.54, 1.807) is 0 Å². The molecule has 1 atom stereocenters. The van der Waals surface area contributed by atoms with Crippen molar-refractivity contribution in [3.05, 3.63) is 39.9 Å². The van der Waals surface area contributed by atoms with Crippen LogP contribution in [-0.2, 0) is 4.79 Å². The monoisotopic (exact) mass is 462 g/mol. The molecule has 0 radical (unpaired) electrons. The van der Waals surface area contributed by atoms with Crippen LogP contribution in [0.2, 0.25) is 0 Å². The number of aliphatic hydroxyl groups is 1. The van der Waals surface area contributed by atoms with Gasteiger partial charge in [0.05, 0.1) is 6.10 Å². The Labute approximate surface area is 183 Å². The highest BCUT2D eigenvalue weighted by Crippen LogP contribution is 2.52. The second kappa shape index (κ2) is 10.2. The number of amides is 1. The van der Waals surface area contributed by atoms with Crippen LogP contribution in [0.1, 0.15) is 75.3 Å². The number of aryl methyl sites for hydroxylation is 1. The molecule has 2 bridgehead atoms. The van der Waals surface area contributed by atoms with E-state index in [0.29, 0.717) is 19.4 Å². The molecule has 1 amide bonds. The van der Waals surface area contributed by atoms with Crippen LogP contribution in [0.5, 0.6) is 0 Å². The number of halogens is 1. The molecule has 0 saturated heterocycles. The average Bonchev–Trinajstić information content (AvgIpc) is 2.71. The van der Waals surface area contributed by atoms with E-state index in [-0.39, 0.29) is 11.3 Å². The minimum Gasteiger partial charge on any atom is -0.392 e. The van der Waals surface area contributed by atoms with Gasteiger partial charge in [0.25, 0.3) is 0 Å². The standard InChI is InChI=1S/C24H35BrN2O2/c1-17-5-4-7-20(25)23(17)21(8-3-2-6-19(28)16-26)27-22(29)15-24-12-9-18(10-13-24)11-14-24/h4-5,7-8,18-19,28H,2-3,6,9-16,26H2,1H3,(H,27,29). The lowest BCUT2D eigenvalue weighted by Gasteiger charge is -2.46. The van der Waals surface area contributed by atoms with Gasteiger partial charge in [-0.1, -0.05) is 34.1 Å². The van der Waals surface area contributed by atoms with E-state index in [0.717, 1.165) is 40.1 Å². The molecule has 4 rings (SSSR count). The third-order valence-corrected chi connectivity index (χ3v) is 7.57. The van der Waals surface area contributed by atoms with Crippen molar-refractivity contribution in [3.63, 3.8) is 0 Å². The van der Waals surface area contributed by atoms with Crippen molar-refractivity contribution >= 4 is 27.5 Å². The lowest BCUT2D eigenvalue weighted by molar-refractivity contribution is -0.124. The Kier molecular flexibility index (Phi) is 7.94. The van der Waals surface area contributed by atoms with E-state index < -0.39 is 6.10 Å². The maximum atomic E-state index is 13.1. The Balaban J connectivity index is 1.71. The zero-order chi connectivity index (χ0) is 20.9. The number of nitrogens with two attached hydrogens (primary N) is 1. The molecule has 0 spiro atoms. The van der Waals surface area contributed by atoms with Crippen molar-refractivity contribution in [1.29, 1.82) is 0 Å². The fourth-order valence-electron chi connectivity index (χ4n) is 5.05. The molecule has 1 unspecified atom stereocenters. The van der Waals surface area contributed by atoms with Gasteiger partial charge in [0.1, 0.15) is 0 Å². The van der Waals surface area contributed by atoms with E-state index in [4.69, 9.17) is 5.73 Å². The van der Waals surface area contributed by atoms with Crippen LogP contribution < -0.4 is 11.1 Å². The van der Waals surface area contributed by atoms with Crippen LogP contribution in [-0.4, -0.2) is 23.7 Å². The van der Waals surface area contributed by atoms with E-state index in [9.17, 15) is 9.90 Å². The number of unbranched alkanes of at least 4 members (excludes halogenated alkanes) is 1.